The van der Waals surface area contributed by atoms with Crippen molar-refractivity contribution in [3.8, 4) is 11.3 Å². The maximum absolute atomic E-state index is 4.47. The minimum absolute atomic E-state index is 0.583. The first-order valence-corrected chi connectivity index (χ1v) is 5.69. The van der Waals surface area contributed by atoms with E-state index in [2.05, 4.69) is 56.2 Å². The Kier molecular flexibility index (Phi) is 2.82. The third-order valence-electron chi connectivity index (χ3n) is 2.99. The van der Waals surface area contributed by atoms with E-state index < -0.39 is 0 Å². The van der Waals surface area contributed by atoms with E-state index in [0.29, 0.717) is 5.92 Å². The molecule has 1 aromatic carbocycles. The number of nitrogens with zero attached hydrogens (tertiary/aromatic N) is 2. The first-order valence-electron chi connectivity index (χ1n) is 5.69. The van der Waals surface area contributed by atoms with Crippen molar-refractivity contribution in [3.05, 3.63) is 41.6 Å². The molecular formula is C14H18N2. The van der Waals surface area contributed by atoms with Gasteiger partial charge in [-0.05, 0) is 24.5 Å². The van der Waals surface area contributed by atoms with Gasteiger partial charge in [-0.2, -0.15) is 5.10 Å². The highest BCUT2D eigenvalue weighted by Crippen LogP contribution is 2.21. The Bertz CT molecular complexity index is 458. The lowest BCUT2D eigenvalue weighted by atomic mass is 10.0. The van der Waals surface area contributed by atoms with Crippen molar-refractivity contribution in [3.63, 3.8) is 0 Å². The molecule has 0 aliphatic heterocycles. The smallest absolute Gasteiger partial charge is 0.0925 e. The van der Waals surface area contributed by atoms with Crippen molar-refractivity contribution in [1.82, 2.24) is 9.78 Å². The molecule has 0 radical (unpaired) electrons. The molecule has 2 rings (SSSR count). The van der Waals surface area contributed by atoms with Gasteiger partial charge < -0.3 is 0 Å². The molecule has 0 N–H and O–H groups in total. The highest BCUT2D eigenvalue weighted by molar-refractivity contribution is 5.59. The maximum atomic E-state index is 4.47. The van der Waals surface area contributed by atoms with E-state index in [1.807, 2.05) is 11.7 Å². The molecule has 0 amide bonds. The van der Waals surface area contributed by atoms with E-state index in [0.717, 1.165) is 5.69 Å². The van der Waals surface area contributed by atoms with Gasteiger partial charge in [-0.3, -0.25) is 4.68 Å². The SMILES string of the molecule is Cc1cc(-c2ccc(C(C)C)cc2)nn1C. The molecular weight excluding hydrogens is 196 g/mol. The van der Waals surface area contributed by atoms with Gasteiger partial charge in [0.2, 0.25) is 0 Å². The second kappa shape index (κ2) is 4.12. The standard InChI is InChI=1S/C14H18N2/c1-10(2)12-5-7-13(8-6-12)14-9-11(3)16(4)15-14/h5-10H,1-4H3. The lowest BCUT2D eigenvalue weighted by Gasteiger charge is -2.05. The Hall–Kier alpha value is -1.57. The summed E-state index contributed by atoms with van der Waals surface area (Å²) in [5, 5.41) is 4.47. The van der Waals surface area contributed by atoms with Crippen molar-refractivity contribution in [1.29, 1.82) is 0 Å². The zero-order valence-corrected chi connectivity index (χ0v) is 10.4. The molecule has 1 heterocycles. The van der Waals surface area contributed by atoms with E-state index in [9.17, 15) is 0 Å². The van der Waals surface area contributed by atoms with Crippen LogP contribution in [-0.2, 0) is 7.05 Å². The van der Waals surface area contributed by atoms with Gasteiger partial charge in [0.05, 0.1) is 5.69 Å². The van der Waals surface area contributed by atoms with Gasteiger partial charge in [0.1, 0.15) is 0 Å². The van der Waals surface area contributed by atoms with Gasteiger partial charge in [-0.1, -0.05) is 38.1 Å². The number of hydrogen-bond acceptors (Lipinski definition) is 1. The fourth-order valence-corrected chi connectivity index (χ4v) is 1.74. The summed E-state index contributed by atoms with van der Waals surface area (Å²) in [4.78, 5) is 0. The average molecular weight is 214 g/mol. The highest BCUT2D eigenvalue weighted by atomic mass is 15.3. The molecule has 2 heteroatoms. The molecule has 16 heavy (non-hydrogen) atoms. The topological polar surface area (TPSA) is 17.8 Å². The molecule has 0 unspecified atom stereocenters. The van der Waals surface area contributed by atoms with Crippen LogP contribution in [-0.4, -0.2) is 9.78 Å². The highest BCUT2D eigenvalue weighted by Gasteiger charge is 2.05. The fraction of sp³-hybridized carbons (Fsp3) is 0.357. The summed E-state index contributed by atoms with van der Waals surface area (Å²) in [5.74, 6) is 0.583. The van der Waals surface area contributed by atoms with E-state index in [4.69, 9.17) is 0 Å². The number of benzene rings is 1. The number of hydrogen-bond donors (Lipinski definition) is 0. The summed E-state index contributed by atoms with van der Waals surface area (Å²) in [7, 11) is 1.97. The predicted molar refractivity (Wildman–Crippen MR) is 67.5 cm³/mol. The van der Waals surface area contributed by atoms with Crippen LogP contribution in [0.4, 0.5) is 0 Å². The average Bonchev–Trinajstić information content (AvgIpc) is 2.59. The van der Waals surface area contributed by atoms with Crippen molar-refractivity contribution in [2.45, 2.75) is 26.7 Å². The quantitative estimate of drug-likeness (QED) is 0.748. The van der Waals surface area contributed by atoms with E-state index in [1.54, 1.807) is 0 Å². The van der Waals surface area contributed by atoms with Crippen LogP contribution < -0.4 is 0 Å². The zero-order valence-electron chi connectivity index (χ0n) is 10.4. The molecule has 0 fully saturated rings. The Morgan fingerprint density at radius 1 is 1.12 bits per heavy atom. The summed E-state index contributed by atoms with van der Waals surface area (Å²) in [6, 6.07) is 10.8. The van der Waals surface area contributed by atoms with Crippen molar-refractivity contribution in [2.75, 3.05) is 0 Å². The summed E-state index contributed by atoms with van der Waals surface area (Å²) < 4.78 is 1.91. The van der Waals surface area contributed by atoms with E-state index in [1.165, 1.54) is 16.8 Å². The van der Waals surface area contributed by atoms with Crippen molar-refractivity contribution >= 4 is 0 Å². The second-order valence-electron chi connectivity index (χ2n) is 4.57. The molecule has 0 atom stereocenters. The van der Waals surface area contributed by atoms with Crippen LogP contribution in [0.2, 0.25) is 0 Å². The van der Waals surface area contributed by atoms with E-state index >= 15 is 0 Å². The molecule has 1 aromatic heterocycles. The molecule has 0 saturated carbocycles. The lowest BCUT2D eigenvalue weighted by molar-refractivity contribution is 0.743. The first kappa shape index (κ1) is 10.9. The van der Waals surface area contributed by atoms with Crippen LogP contribution in [0.15, 0.2) is 30.3 Å². The minimum atomic E-state index is 0.583. The largest absolute Gasteiger partial charge is 0.272 e. The number of aryl methyl sites for hydroxylation is 2. The summed E-state index contributed by atoms with van der Waals surface area (Å²) >= 11 is 0. The summed E-state index contributed by atoms with van der Waals surface area (Å²) in [6.45, 7) is 6.48. The van der Waals surface area contributed by atoms with Crippen LogP contribution in [0, 0.1) is 6.92 Å². The molecule has 84 valence electrons. The molecule has 2 nitrogen and oxygen atoms in total. The Balaban J connectivity index is 2.34. The second-order valence-corrected chi connectivity index (χ2v) is 4.57. The third-order valence-corrected chi connectivity index (χ3v) is 2.99. The van der Waals surface area contributed by atoms with Crippen LogP contribution in [0.1, 0.15) is 31.0 Å². The van der Waals surface area contributed by atoms with Gasteiger partial charge >= 0.3 is 0 Å². The van der Waals surface area contributed by atoms with Gasteiger partial charge in [0.25, 0.3) is 0 Å². The van der Waals surface area contributed by atoms with Crippen LogP contribution >= 0.6 is 0 Å². The van der Waals surface area contributed by atoms with Crippen LogP contribution in [0.5, 0.6) is 0 Å². The Labute approximate surface area is 96.9 Å². The van der Waals surface area contributed by atoms with Crippen molar-refractivity contribution in [2.24, 2.45) is 7.05 Å². The predicted octanol–water partition coefficient (Wildman–Crippen LogP) is 3.52. The van der Waals surface area contributed by atoms with Gasteiger partial charge in [-0.15, -0.1) is 0 Å². The minimum Gasteiger partial charge on any atom is -0.272 e. The number of rotatable bonds is 2. The first-order chi connectivity index (χ1) is 7.58. The lowest BCUT2D eigenvalue weighted by Crippen LogP contribution is -1.92. The van der Waals surface area contributed by atoms with Gasteiger partial charge in [0.15, 0.2) is 0 Å². The molecule has 0 aliphatic rings. The fourth-order valence-electron chi connectivity index (χ4n) is 1.74. The van der Waals surface area contributed by atoms with Crippen LogP contribution in [0.25, 0.3) is 11.3 Å². The Morgan fingerprint density at radius 3 is 2.19 bits per heavy atom. The molecule has 0 bridgehead atoms. The van der Waals surface area contributed by atoms with Crippen molar-refractivity contribution < 1.29 is 0 Å². The molecule has 2 aromatic rings. The normalized spacial score (nSPS) is 11.1. The van der Waals surface area contributed by atoms with Gasteiger partial charge in [-0.25, -0.2) is 0 Å². The summed E-state index contributed by atoms with van der Waals surface area (Å²) in [6.07, 6.45) is 0. The van der Waals surface area contributed by atoms with E-state index in [-0.39, 0.29) is 0 Å². The summed E-state index contributed by atoms with van der Waals surface area (Å²) in [5.41, 5.74) is 4.79. The third kappa shape index (κ3) is 2.01. The molecule has 0 spiro atoms. The monoisotopic (exact) mass is 214 g/mol. The Morgan fingerprint density at radius 2 is 1.75 bits per heavy atom. The maximum Gasteiger partial charge on any atom is 0.0925 e. The molecule has 0 saturated heterocycles. The number of aromatic nitrogens is 2. The van der Waals surface area contributed by atoms with Gasteiger partial charge in [0, 0.05) is 18.3 Å². The zero-order chi connectivity index (χ0) is 11.7. The molecule has 0 aliphatic carbocycles. The van der Waals surface area contributed by atoms with Crippen LogP contribution in [0.3, 0.4) is 0 Å².